The molecule has 146 valence electrons. The van der Waals surface area contributed by atoms with Gasteiger partial charge < -0.3 is 9.80 Å². The van der Waals surface area contributed by atoms with Crippen LogP contribution in [-0.4, -0.2) is 69.8 Å². The Bertz CT molecular complexity index is 724. The molecule has 2 saturated heterocycles. The first-order valence-corrected chi connectivity index (χ1v) is 10.1. The lowest BCUT2D eigenvalue weighted by Gasteiger charge is -2.50. The van der Waals surface area contributed by atoms with Crippen LogP contribution in [0.4, 0.5) is 0 Å². The highest BCUT2D eigenvalue weighted by Gasteiger charge is 2.61. The van der Waals surface area contributed by atoms with Gasteiger partial charge in [0.2, 0.25) is 11.8 Å². The van der Waals surface area contributed by atoms with Crippen LogP contribution in [0.3, 0.4) is 0 Å². The zero-order chi connectivity index (χ0) is 19.2. The first-order chi connectivity index (χ1) is 12.9. The van der Waals surface area contributed by atoms with Crippen LogP contribution in [0.15, 0.2) is 24.4 Å². The SMILES string of the molecule is CC(=O)N1[C@@H]2CN(C(=O)CN(C)Cc3ccccn3)[C@@H]3CCC[C@H]1[C@]3(C)C2. The van der Waals surface area contributed by atoms with E-state index in [0.29, 0.717) is 25.7 Å². The number of carbonyl (C=O) groups is 2. The van der Waals surface area contributed by atoms with E-state index in [1.54, 1.807) is 13.1 Å². The molecule has 0 aromatic carbocycles. The van der Waals surface area contributed by atoms with Crippen molar-refractivity contribution in [1.29, 1.82) is 0 Å². The fraction of sp³-hybridized carbons (Fsp3) is 0.667. The van der Waals surface area contributed by atoms with E-state index in [4.69, 9.17) is 0 Å². The summed E-state index contributed by atoms with van der Waals surface area (Å²) in [6.45, 7) is 5.72. The number of pyridine rings is 1. The zero-order valence-corrected chi connectivity index (χ0v) is 16.6. The van der Waals surface area contributed by atoms with Gasteiger partial charge in [0.15, 0.2) is 0 Å². The van der Waals surface area contributed by atoms with E-state index in [1.165, 1.54) is 0 Å². The van der Waals surface area contributed by atoms with Crippen molar-refractivity contribution in [3.05, 3.63) is 30.1 Å². The van der Waals surface area contributed by atoms with Gasteiger partial charge in [0.05, 0.1) is 18.3 Å². The van der Waals surface area contributed by atoms with Crippen molar-refractivity contribution in [2.24, 2.45) is 5.41 Å². The van der Waals surface area contributed by atoms with Crippen molar-refractivity contribution in [2.75, 3.05) is 20.1 Å². The Morgan fingerprint density at radius 1 is 1.30 bits per heavy atom. The number of carbonyl (C=O) groups excluding carboxylic acids is 2. The largest absolute Gasteiger partial charge is 0.336 e. The summed E-state index contributed by atoms with van der Waals surface area (Å²) in [6, 6.07) is 6.59. The summed E-state index contributed by atoms with van der Waals surface area (Å²) in [5.41, 5.74) is 1.01. The maximum atomic E-state index is 13.2. The third-order valence-corrected chi connectivity index (χ3v) is 6.91. The number of nitrogens with zero attached hydrogens (tertiary/aromatic N) is 4. The van der Waals surface area contributed by atoms with Gasteiger partial charge >= 0.3 is 0 Å². The number of aromatic nitrogens is 1. The Kier molecular flexibility index (Phi) is 4.70. The maximum Gasteiger partial charge on any atom is 0.237 e. The third kappa shape index (κ3) is 3.14. The number of hydrogen-bond donors (Lipinski definition) is 0. The van der Waals surface area contributed by atoms with Gasteiger partial charge in [-0.1, -0.05) is 13.0 Å². The summed E-state index contributed by atoms with van der Waals surface area (Å²) in [5.74, 6) is 0.344. The molecule has 2 bridgehead atoms. The Labute approximate surface area is 161 Å². The molecule has 27 heavy (non-hydrogen) atoms. The standard InChI is InChI=1S/C21H30N4O2/c1-15(26)25-17-11-21(2)18(8-6-9-19(21)25)24(13-17)20(27)14-23(3)12-16-7-4-5-10-22-16/h4-5,7,10,17-19H,6,8-9,11-14H2,1-3H3/t17-,18+,19-,21+/m0/s1. The summed E-state index contributed by atoms with van der Waals surface area (Å²) < 4.78 is 0. The summed E-state index contributed by atoms with van der Waals surface area (Å²) in [6.07, 6.45) is 6.04. The zero-order valence-electron chi connectivity index (χ0n) is 16.6. The molecule has 2 aliphatic heterocycles. The average molecular weight is 370 g/mol. The van der Waals surface area contributed by atoms with E-state index >= 15 is 0 Å². The van der Waals surface area contributed by atoms with Crippen molar-refractivity contribution in [1.82, 2.24) is 19.7 Å². The predicted molar refractivity (Wildman–Crippen MR) is 103 cm³/mol. The lowest BCUT2D eigenvalue weighted by Crippen LogP contribution is -2.59. The quantitative estimate of drug-likeness (QED) is 0.812. The van der Waals surface area contributed by atoms with E-state index in [0.717, 1.165) is 31.4 Å². The molecule has 6 heteroatoms. The predicted octanol–water partition coefficient (Wildman–Crippen LogP) is 1.90. The first-order valence-electron chi connectivity index (χ1n) is 10.1. The lowest BCUT2D eigenvalue weighted by molar-refractivity contribution is -0.141. The van der Waals surface area contributed by atoms with Crippen molar-refractivity contribution in [2.45, 2.75) is 64.2 Å². The van der Waals surface area contributed by atoms with Crippen LogP contribution >= 0.6 is 0 Å². The molecular formula is C21H30N4O2. The van der Waals surface area contributed by atoms with Crippen molar-refractivity contribution in [3.63, 3.8) is 0 Å². The fourth-order valence-electron chi connectivity index (χ4n) is 5.89. The number of rotatable bonds is 4. The molecule has 2 amide bonds. The molecule has 4 atom stereocenters. The highest BCUT2D eigenvalue weighted by molar-refractivity contribution is 5.80. The molecule has 3 fully saturated rings. The Hall–Kier alpha value is -1.95. The number of likely N-dealkylation sites (tertiary alicyclic amines) is 2. The number of piperidine rings is 1. The molecule has 1 aliphatic carbocycles. The molecule has 6 nitrogen and oxygen atoms in total. The van der Waals surface area contributed by atoms with Gasteiger partial charge in [0.25, 0.3) is 0 Å². The molecule has 3 aliphatic rings. The van der Waals surface area contributed by atoms with Crippen LogP contribution in [-0.2, 0) is 16.1 Å². The van der Waals surface area contributed by atoms with Gasteiger partial charge in [-0.25, -0.2) is 0 Å². The van der Waals surface area contributed by atoms with E-state index in [2.05, 4.69) is 21.7 Å². The fourth-order valence-corrected chi connectivity index (χ4v) is 5.89. The maximum absolute atomic E-state index is 13.2. The number of hydrogen-bond acceptors (Lipinski definition) is 4. The van der Waals surface area contributed by atoms with Crippen molar-refractivity contribution in [3.8, 4) is 0 Å². The highest BCUT2D eigenvalue weighted by Crippen LogP contribution is 2.54. The molecule has 3 heterocycles. The van der Waals surface area contributed by atoms with E-state index in [-0.39, 0.29) is 29.3 Å². The summed E-state index contributed by atoms with van der Waals surface area (Å²) in [5, 5.41) is 0. The van der Waals surface area contributed by atoms with Gasteiger partial charge in [-0.2, -0.15) is 0 Å². The molecule has 0 radical (unpaired) electrons. The summed E-state index contributed by atoms with van der Waals surface area (Å²) >= 11 is 0. The van der Waals surface area contributed by atoms with Gasteiger partial charge in [0.1, 0.15) is 0 Å². The van der Waals surface area contributed by atoms with E-state index in [9.17, 15) is 9.59 Å². The van der Waals surface area contributed by atoms with Crippen LogP contribution in [0, 0.1) is 5.41 Å². The third-order valence-electron chi connectivity index (χ3n) is 6.91. The van der Waals surface area contributed by atoms with Crippen molar-refractivity contribution < 1.29 is 9.59 Å². The molecular weight excluding hydrogens is 340 g/mol. The average Bonchev–Trinajstić information content (AvgIpc) is 2.92. The Morgan fingerprint density at radius 2 is 2.07 bits per heavy atom. The van der Waals surface area contributed by atoms with Crippen LogP contribution < -0.4 is 0 Å². The summed E-state index contributed by atoms with van der Waals surface area (Å²) in [7, 11) is 1.97. The van der Waals surface area contributed by atoms with Crippen LogP contribution in [0.2, 0.25) is 0 Å². The van der Waals surface area contributed by atoms with Gasteiger partial charge in [-0.05, 0) is 44.9 Å². The van der Waals surface area contributed by atoms with Crippen molar-refractivity contribution >= 4 is 11.8 Å². The number of likely N-dealkylation sites (N-methyl/N-ethyl adjacent to an activating group) is 1. The second-order valence-corrected chi connectivity index (χ2v) is 8.79. The van der Waals surface area contributed by atoms with E-state index < -0.39 is 0 Å². The van der Waals surface area contributed by atoms with Gasteiger partial charge in [-0.15, -0.1) is 0 Å². The second-order valence-electron chi connectivity index (χ2n) is 8.79. The second kappa shape index (κ2) is 6.89. The van der Waals surface area contributed by atoms with Crippen LogP contribution in [0.5, 0.6) is 0 Å². The number of amides is 2. The molecule has 1 saturated carbocycles. The molecule has 4 rings (SSSR count). The highest BCUT2D eigenvalue weighted by atomic mass is 16.2. The molecule has 1 aromatic heterocycles. The first kappa shape index (κ1) is 18.4. The minimum absolute atomic E-state index is 0.0437. The topological polar surface area (TPSA) is 56.8 Å². The Morgan fingerprint density at radius 3 is 2.78 bits per heavy atom. The van der Waals surface area contributed by atoms with Crippen LogP contribution in [0.25, 0.3) is 0 Å². The monoisotopic (exact) mass is 370 g/mol. The molecule has 0 unspecified atom stereocenters. The lowest BCUT2D eigenvalue weighted by atomic mass is 9.66. The van der Waals surface area contributed by atoms with Gasteiger partial charge in [-0.3, -0.25) is 19.5 Å². The Balaban J connectivity index is 1.49. The smallest absolute Gasteiger partial charge is 0.237 e. The molecule has 0 N–H and O–H groups in total. The van der Waals surface area contributed by atoms with Gasteiger partial charge in [0, 0.05) is 43.7 Å². The summed E-state index contributed by atoms with van der Waals surface area (Å²) in [4.78, 5) is 36.1. The van der Waals surface area contributed by atoms with E-state index in [1.807, 2.05) is 30.1 Å². The molecule has 1 aromatic rings. The van der Waals surface area contributed by atoms with Crippen LogP contribution in [0.1, 0.15) is 45.2 Å². The molecule has 0 spiro atoms. The minimum Gasteiger partial charge on any atom is -0.336 e. The minimum atomic E-state index is 0.0437. The number of fused-ring (bicyclic) bond motifs is 1. The normalized spacial score (nSPS) is 32.1.